The fourth-order valence-corrected chi connectivity index (χ4v) is 2.50. The Morgan fingerprint density at radius 2 is 1.89 bits per heavy atom. The predicted molar refractivity (Wildman–Crippen MR) is 81.6 cm³/mol. The van der Waals surface area contributed by atoms with Crippen LogP contribution in [0.1, 0.15) is 33.6 Å². The van der Waals surface area contributed by atoms with Crippen LogP contribution in [-0.2, 0) is 10.0 Å². The predicted octanol–water partition coefficient (Wildman–Crippen LogP) is 3.54. The van der Waals surface area contributed by atoms with Gasteiger partial charge in [0, 0.05) is 10.2 Å². The summed E-state index contributed by atoms with van der Waals surface area (Å²) in [6.07, 6.45) is 1.79. The van der Waals surface area contributed by atoms with Crippen LogP contribution >= 0.6 is 15.9 Å². The molecule has 0 saturated heterocycles. The molecule has 0 heterocycles. The van der Waals surface area contributed by atoms with Crippen molar-refractivity contribution in [2.24, 2.45) is 11.0 Å². The number of nitrogens with one attached hydrogen (secondary N) is 1. The molecule has 0 bridgehead atoms. The van der Waals surface area contributed by atoms with Crippen molar-refractivity contribution in [1.29, 1.82) is 0 Å². The second-order valence-electron chi connectivity index (χ2n) is 4.83. The highest BCUT2D eigenvalue weighted by molar-refractivity contribution is 9.10. The van der Waals surface area contributed by atoms with E-state index in [9.17, 15) is 8.42 Å². The minimum absolute atomic E-state index is 0.205. The van der Waals surface area contributed by atoms with Crippen LogP contribution in [0.5, 0.6) is 0 Å². The first-order valence-electron chi connectivity index (χ1n) is 6.12. The minimum Gasteiger partial charge on any atom is -0.200 e. The molecule has 0 unspecified atom stereocenters. The highest BCUT2D eigenvalue weighted by Crippen LogP contribution is 2.14. The number of hydrogen-bond donors (Lipinski definition) is 1. The van der Waals surface area contributed by atoms with Crippen molar-refractivity contribution in [3.05, 3.63) is 28.7 Å². The average molecular weight is 347 g/mol. The van der Waals surface area contributed by atoms with E-state index in [1.807, 2.05) is 6.92 Å². The van der Waals surface area contributed by atoms with Crippen molar-refractivity contribution < 1.29 is 8.42 Å². The van der Waals surface area contributed by atoms with E-state index >= 15 is 0 Å². The van der Waals surface area contributed by atoms with Gasteiger partial charge in [0.25, 0.3) is 10.0 Å². The minimum atomic E-state index is -3.57. The molecule has 19 heavy (non-hydrogen) atoms. The summed E-state index contributed by atoms with van der Waals surface area (Å²) >= 11 is 3.27. The Bertz CT molecular complexity index is 536. The Labute approximate surface area is 123 Å². The molecule has 0 aliphatic heterocycles. The maximum atomic E-state index is 12.0. The number of hydrazone groups is 1. The van der Waals surface area contributed by atoms with Gasteiger partial charge >= 0.3 is 0 Å². The van der Waals surface area contributed by atoms with Gasteiger partial charge in [0.15, 0.2) is 0 Å². The van der Waals surface area contributed by atoms with Gasteiger partial charge in [-0.1, -0.05) is 29.8 Å². The molecule has 1 N–H and O–H groups in total. The third-order valence-corrected chi connectivity index (χ3v) is 4.32. The largest absolute Gasteiger partial charge is 0.276 e. The second-order valence-corrected chi connectivity index (χ2v) is 7.40. The normalized spacial score (nSPS) is 12.8. The highest BCUT2D eigenvalue weighted by Gasteiger charge is 2.12. The van der Waals surface area contributed by atoms with Crippen molar-refractivity contribution in [2.75, 3.05) is 0 Å². The van der Waals surface area contributed by atoms with E-state index in [2.05, 4.69) is 39.7 Å². The number of rotatable bonds is 6. The molecule has 106 valence electrons. The van der Waals surface area contributed by atoms with Crippen LogP contribution in [0.2, 0.25) is 0 Å². The SMILES string of the molecule is C/C(CCC(C)C)=N/NS(=O)(=O)c1ccc(Br)cc1. The van der Waals surface area contributed by atoms with Gasteiger partial charge in [-0.3, -0.25) is 0 Å². The quantitative estimate of drug-likeness (QED) is 0.632. The van der Waals surface area contributed by atoms with Gasteiger partial charge in [0.2, 0.25) is 0 Å². The molecule has 0 aromatic heterocycles. The van der Waals surface area contributed by atoms with Gasteiger partial charge in [-0.25, -0.2) is 4.83 Å². The lowest BCUT2D eigenvalue weighted by molar-refractivity contribution is 0.582. The second kappa shape index (κ2) is 7.05. The number of nitrogens with zero attached hydrogens (tertiary/aromatic N) is 1. The first kappa shape index (κ1) is 16.2. The zero-order chi connectivity index (χ0) is 14.5. The Kier molecular flexibility index (Phi) is 6.00. The first-order chi connectivity index (χ1) is 8.81. The summed E-state index contributed by atoms with van der Waals surface area (Å²) in [5.41, 5.74) is 0.786. The third-order valence-electron chi connectivity index (χ3n) is 2.56. The van der Waals surface area contributed by atoms with Crippen LogP contribution in [0, 0.1) is 5.92 Å². The summed E-state index contributed by atoms with van der Waals surface area (Å²) < 4.78 is 24.7. The molecule has 0 radical (unpaired) electrons. The topological polar surface area (TPSA) is 58.5 Å². The van der Waals surface area contributed by atoms with Gasteiger partial charge in [0.05, 0.1) is 4.90 Å². The molecular formula is C13H19BrN2O2S. The van der Waals surface area contributed by atoms with E-state index in [0.29, 0.717) is 5.92 Å². The zero-order valence-electron chi connectivity index (χ0n) is 11.4. The summed E-state index contributed by atoms with van der Waals surface area (Å²) in [5, 5.41) is 3.93. The molecule has 0 aliphatic carbocycles. The summed E-state index contributed by atoms with van der Waals surface area (Å²) in [4.78, 5) is 2.47. The number of benzene rings is 1. The van der Waals surface area contributed by atoms with Gasteiger partial charge < -0.3 is 0 Å². The van der Waals surface area contributed by atoms with Crippen molar-refractivity contribution in [3.8, 4) is 0 Å². The van der Waals surface area contributed by atoms with Gasteiger partial charge in [-0.15, -0.1) is 0 Å². The van der Waals surface area contributed by atoms with Crippen LogP contribution in [0.4, 0.5) is 0 Å². The van der Waals surface area contributed by atoms with E-state index < -0.39 is 10.0 Å². The molecule has 0 aliphatic rings. The summed E-state index contributed by atoms with van der Waals surface area (Å²) in [6.45, 7) is 6.07. The zero-order valence-corrected chi connectivity index (χ0v) is 13.8. The highest BCUT2D eigenvalue weighted by atomic mass is 79.9. The fraction of sp³-hybridized carbons (Fsp3) is 0.462. The lowest BCUT2D eigenvalue weighted by atomic mass is 10.1. The number of hydrogen-bond acceptors (Lipinski definition) is 3. The molecule has 0 spiro atoms. The Morgan fingerprint density at radius 3 is 2.42 bits per heavy atom. The van der Waals surface area contributed by atoms with Gasteiger partial charge in [0.1, 0.15) is 0 Å². The monoisotopic (exact) mass is 346 g/mol. The lowest BCUT2D eigenvalue weighted by Crippen LogP contribution is -2.19. The van der Waals surface area contributed by atoms with Crippen molar-refractivity contribution >= 4 is 31.7 Å². The molecular weight excluding hydrogens is 328 g/mol. The molecule has 1 aromatic rings. The standard InChI is InChI=1S/C13H19BrN2O2S/c1-10(2)4-5-11(3)15-16-19(17,18)13-8-6-12(14)7-9-13/h6-10,16H,4-5H2,1-3H3/b15-11-. The Balaban J connectivity index is 2.70. The molecule has 0 amide bonds. The molecule has 0 saturated carbocycles. The summed E-state index contributed by atoms with van der Waals surface area (Å²) in [5.74, 6) is 0.577. The lowest BCUT2D eigenvalue weighted by Gasteiger charge is -2.06. The Morgan fingerprint density at radius 1 is 1.32 bits per heavy atom. The molecule has 4 nitrogen and oxygen atoms in total. The van der Waals surface area contributed by atoms with Crippen molar-refractivity contribution in [2.45, 2.75) is 38.5 Å². The summed E-state index contributed by atoms with van der Waals surface area (Å²) in [7, 11) is -3.57. The first-order valence-corrected chi connectivity index (χ1v) is 8.39. The van der Waals surface area contributed by atoms with E-state index in [1.54, 1.807) is 12.1 Å². The fourth-order valence-electron chi connectivity index (χ4n) is 1.36. The van der Waals surface area contributed by atoms with Crippen LogP contribution in [0.25, 0.3) is 0 Å². The van der Waals surface area contributed by atoms with Crippen molar-refractivity contribution in [3.63, 3.8) is 0 Å². The number of halogens is 1. The van der Waals surface area contributed by atoms with Crippen LogP contribution in [0.15, 0.2) is 38.7 Å². The van der Waals surface area contributed by atoms with Crippen LogP contribution < -0.4 is 4.83 Å². The third kappa shape index (κ3) is 5.74. The van der Waals surface area contributed by atoms with Crippen LogP contribution in [-0.4, -0.2) is 14.1 Å². The maximum absolute atomic E-state index is 12.0. The van der Waals surface area contributed by atoms with Gasteiger partial charge in [-0.2, -0.15) is 13.5 Å². The molecule has 1 rings (SSSR count). The molecule has 0 fully saturated rings. The maximum Gasteiger partial charge on any atom is 0.276 e. The van der Waals surface area contributed by atoms with Gasteiger partial charge in [-0.05, 0) is 49.9 Å². The Hall–Kier alpha value is -0.880. The van der Waals surface area contributed by atoms with E-state index in [0.717, 1.165) is 23.0 Å². The molecule has 1 aromatic carbocycles. The smallest absolute Gasteiger partial charge is 0.200 e. The van der Waals surface area contributed by atoms with E-state index in [1.165, 1.54) is 12.1 Å². The van der Waals surface area contributed by atoms with Crippen LogP contribution in [0.3, 0.4) is 0 Å². The van der Waals surface area contributed by atoms with E-state index in [-0.39, 0.29) is 4.90 Å². The van der Waals surface area contributed by atoms with E-state index in [4.69, 9.17) is 0 Å². The molecule has 6 heteroatoms. The number of sulfonamides is 1. The molecule has 0 atom stereocenters. The summed E-state index contributed by atoms with van der Waals surface area (Å²) in [6, 6.07) is 6.44. The van der Waals surface area contributed by atoms with Crippen molar-refractivity contribution in [1.82, 2.24) is 4.83 Å². The average Bonchev–Trinajstić information content (AvgIpc) is 2.34.